The first-order valence-electron chi connectivity index (χ1n) is 8.19. The first-order valence-corrected chi connectivity index (χ1v) is 8.57. The second-order valence-electron chi connectivity index (χ2n) is 5.23. The fourth-order valence-corrected chi connectivity index (χ4v) is 2.38. The number of hydrogen-bond donors (Lipinski definition) is 2. The Morgan fingerprint density at radius 1 is 1.07 bits per heavy atom. The van der Waals surface area contributed by atoms with E-state index in [0.29, 0.717) is 30.4 Å². The van der Waals surface area contributed by atoms with Crippen molar-refractivity contribution in [2.75, 3.05) is 25.1 Å². The SMILES string of the molecule is CCOc1ccc(NC(=O)COC(=O)c2cc(Cl)[nH]c(=O)c2)cc1OCC. The molecule has 0 atom stereocenters. The Morgan fingerprint density at radius 2 is 1.78 bits per heavy atom. The van der Waals surface area contributed by atoms with E-state index >= 15 is 0 Å². The Hall–Kier alpha value is -3.00. The molecule has 27 heavy (non-hydrogen) atoms. The smallest absolute Gasteiger partial charge is 0.338 e. The van der Waals surface area contributed by atoms with Crippen molar-refractivity contribution in [2.45, 2.75) is 13.8 Å². The molecule has 0 bridgehead atoms. The van der Waals surface area contributed by atoms with Gasteiger partial charge in [0, 0.05) is 17.8 Å². The number of carbonyl (C=O) groups is 2. The average molecular weight is 395 g/mol. The van der Waals surface area contributed by atoms with Crippen molar-refractivity contribution >= 4 is 29.2 Å². The van der Waals surface area contributed by atoms with Crippen molar-refractivity contribution in [3.63, 3.8) is 0 Å². The molecule has 0 saturated heterocycles. The number of rotatable bonds is 8. The second kappa shape index (κ2) is 9.63. The van der Waals surface area contributed by atoms with Crippen LogP contribution in [0, 0.1) is 0 Å². The zero-order valence-electron chi connectivity index (χ0n) is 14.8. The van der Waals surface area contributed by atoms with Crippen LogP contribution in [0.4, 0.5) is 5.69 Å². The van der Waals surface area contributed by atoms with E-state index in [0.717, 1.165) is 6.07 Å². The quantitative estimate of drug-likeness (QED) is 0.526. The molecule has 2 rings (SSSR count). The van der Waals surface area contributed by atoms with Gasteiger partial charge in [-0.2, -0.15) is 0 Å². The van der Waals surface area contributed by atoms with E-state index in [1.54, 1.807) is 18.2 Å². The van der Waals surface area contributed by atoms with E-state index in [1.165, 1.54) is 6.07 Å². The highest BCUT2D eigenvalue weighted by atomic mass is 35.5. The number of hydrogen-bond acceptors (Lipinski definition) is 6. The Balaban J connectivity index is 1.97. The summed E-state index contributed by atoms with van der Waals surface area (Å²) in [7, 11) is 0. The summed E-state index contributed by atoms with van der Waals surface area (Å²) in [6, 6.07) is 7.21. The van der Waals surface area contributed by atoms with E-state index in [1.807, 2.05) is 13.8 Å². The van der Waals surface area contributed by atoms with Gasteiger partial charge in [-0.15, -0.1) is 0 Å². The van der Waals surface area contributed by atoms with E-state index in [4.69, 9.17) is 25.8 Å². The van der Waals surface area contributed by atoms with Gasteiger partial charge >= 0.3 is 5.97 Å². The molecular weight excluding hydrogens is 376 g/mol. The van der Waals surface area contributed by atoms with Gasteiger partial charge in [0.25, 0.3) is 5.91 Å². The highest BCUT2D eigenvalue weighted by Gasteiger charge is 2.13. The molecule has 1 aromatic heterocycles. The molecule has 8 nitrogen and oxygen atoms in total. The van der Waals surface area contributed by atoms with E-state index in [9.17, 15) is 14.4 Å². The summed E-state index contributed by atoms with van der Waals surface area (Å²) in [4.78, 5) is 37.5. The maximum absolute atomic E-state index is 12.0. The molecule has 0 unspecified atom stereocenters. The Labute approximate surface area is 160 Å². The molecular formula is C18H19ClN2O6. The lowest BCUT2D eigenvalue weighted by Crippen LogP contribution is -2.21. The summed E-state index contributed by atoms with van der Waals surface area (Å²) in [6.07, 6.45) is 0. The molecule has 2 N–H and O–H groups in total. The summed E-state index contributed by atoms with van der Waals surface area (Å²) in [5.74, 6) is -0.326. The molecule has 2 aromatic rings. The molecule has 0 fully saturated rings. The predicted molar refractivity (Wildman–Crippen MR) is 99.8 cm³/mol. The minimum Gasteiger partial charge on any atom is -0.490 e. The monoisotopic (exact) mass is 394 g/mol. The van der Waals surface area contributed by atoms with E-state index < -0.39 is 24.0 Å². The minimum absolute atomic E-state index is 0.00302. The Kier molecular flexibility index (Phi) is 7.25. The number of ether oxygens (including phenoxy) is 3. The zero-order valence-corrected chi connectivity index (χ0v) is 15.6. The maximum Gasteiger partial charge on any atom is 0.338 e. The Morgan fingerprint density at radius 3 is 2.44 bits per heavy atom. The van der Waals surface area contributed by atoms with Crippen LogP contribution in [0.1, 0.15) is 24.2 Å². The average Bonchev–Trinajstić information content (AvgIpc) is 2.61. The molecule has 0 spiro atoms. The molecule has 9 heteroatoms. The highest BCUT2D eigenvalue weighted by molar-refractivity contribution is 6.29. The normalized spacial score (nSPS) is 10.2. The van der Waals surface area contributed by atoms with Crippen molar-refractivity contribution in [3.05, 3.63) is 51.4 Å². The van der Waals surface area contributed by atoms with Crippen LogP contribution in [0.2, 0.25) is 5.15 Å². The van der Waals surface area contributed by atoms with Gasteiger partial charge < -0.3 is 24.5 Å². The molecule has 0 aliphatic carbocycles. The number of aromatic nitrogens is 1. The molecule has 0 saturated carbocycles. The first kappa shape index (κ1) is 20.3. The fraction of sp³-hybridized carbons (Fsp3) is 0.278. The summed E-state index contributed by atoms with van der Waals surface area (Å²) in [5, 5.41) is 2.59. The summed E-state index contributed by atoms with van der Waals surface area (Å²) in [6.45, 7) is 4.08. The van der Waals surface area contributed by atoms with E-state index in [-0.39, 0.29) is 10.7 Å². The lowest BCUT2D eigenvalue weighted by atomic mass is 10.2. The summed E-state index contributed by atoms with van der Waals surface area (Å²) < 4.78 is 15.8. The second-order valence-corrected chi connectivity index (χ2v) is 5.64. The molecule has 0 aliphatic heterocycles. The Bertz CT molecular complexity index is 880. The number of aromatic amines is 1. The number of nitrogens with one attached hydrogen (secondary N) is 2. The lowest BCUT2D eigenvalue weighted by Gasteiger charge is -2.13. The largest absolute Gasteiger partial charge is 0.490 e. The maximum atomic E-state index is 12.0. The van der Waals surface area contributed by atoms with Crippen LogP contribution in [0.5, 0.6) is 11.5 Å². The first-order chi connectivity index (χ1) is 12.9. The van der Waals surface area contributed by atoms with Gasteiger partial charge in [0.05, 0.1) is 18.8 Å². The van der Waals surface area contributed by atoms with Gasteiger partial charge in [0.2, 0.25) is 5.56 Å². The van der Waals surface area contributed by atoms with Crippen LogP contribution in [0.3, 0.4) is 0 Å². The van der Waals surface area contributed by atoms with Gasteiger partial charge in [-0.05, 0) is 32.0 Å². The number of halogens is 1. The molecule has 1 amide bonds. The van der Waals surface area contributed by atoms with Crippen LogP contribution < -0.4 is 20.3 Å². The highest BCUT2D eigenvalue weighted by Crippen LogP contribution is 2.30. The topological polar surface area (TPSA) is 107 Å². The van der Waals surface area contributed by atoms with Crippen molar-refractivity contribution < 1.29 is 23.8 Å². The van der Waals surface area contributed by atoms with Gasteiger partial charge in [-0.25, -0.2) is 4.79 Å². The summed E-state index contributed by atoms with van der Waals surface area (Å²) >= 11 is 5.68. The number of amides is 1. The fourth-order valence-electron chi connectivity index (χ4n) is 2.17. The van der Waals surface area contributed by atoms with Crippen LogP contribution in [0.15, 0.2) is 35.1 Å². The molecule has 0 aliphatic rings. The molecule has 1 heterocycles. The van der Waals surface area contributed by atoms with Gasteiger partial charge in [0.15, 0.2) is 18.1 Å². The van der Waals surface area contributed by atoms with Crippen molar-refractivity contribution in [1.82, 2.24) is 4.98 Å². The molecule has 1 aromatic carbocycles. The van der Waals surface area contributed by atoms with E-state index in [2.05, 4.69) is 10.3 Å². The van der Waals surface area contributed by atoms with Crippen LogP contribution >= 0.6 is 11.6 Å². The predicted octanol–water partition coefficient (Wildman–Crippen LogP) is 2.62. The van der Waals surface area contributed by atoms with Gasteiger partial charge in [-0.3, -0.25) is 9.59 Å². The van der Waals surface area contributed by atoms with Crippen LogP contribution in [-0.4, -0.2) is 36.7 Å². The summed E-state index contributed by atoms with van der Waals surface area (Å²) in [5.41, 5.74) is -0.129. The van der Waals surface area contributed by atoms with Gasteiger partial charge in [-0.1, -0.05) is 11.6 Å². The van der Waals surface area contributed by atoms with Crippen LogP contribution in [-0.2, 0) is 9.53 Å². The minimum atomic E-state index is -0.833. The number of anilines is 1. The zero-order chi connectivity index (χ0) is 19.8. The number of carbonyl (C=O) groups excluding carboxylic acids is 2. The lowest BCUT2D eigenvalue weighted by molar-refractivity contribution is -0.119. The van der Waals surface area contributed by atoms with Crippen LogP contribution in [0.25, 0.3) is 0 Å². The van der Waals surface area contributed by atoms with Crippen molar-refractivity contribution in [1.29, 1.82) is 0 Å². The van der Waals surface area contributed by atoms with Gasteiger partial charge in [0.1, 0.15) is 5.15 Å². The number of benzene rings is 1. The third-order valence-corrected chi connectivity index (χ3v) is 3.41. The third-order valence-electron chi connectivity index (χ3n) is 3.21. The number of H-pyrrole nitrogens is 1. The van der Waals surface area contributed by atoms with Crippen molar-refractivity contribution in [3.8, 4) is 11.5 Å². The van der Waals surface area contributed by atoms with Crippen molar-refractivity contribution in [2.24, 2.45) is 0 Å². The molecule has 144 valence electrons. The standard InChI is InChI=1S/C18H19ClN2O6/c1-3-25-13-6-5-12(9-14(13)26-4-2)20-17(23)10-27-18(24)11-7-15(19)21-16(22)8-11/h5-9H,3-4,10H2,1-2H3,(H,20,23)(H,21,22). The molecule has 0 radical (unpaired) electrons. The number of pyridine rings is 1. The third kappa shape index (κ3) is 6.03. The number of esters is 1.